The van der Waals surface area contributed by atoms with Crippen LogP contribution in [0.2, 0.25) is 0 Å². The van der Waals surface area contributed by atoms with E-state index in [0.717, 1.165) is 33.4 Å². The number of carbonyl (C=O) groups is 1. The van der Waals surface area contributed by atoms with Gasteiger partial charge in [-0.05, 0) is 47.2 Å². The van der Waals surface area contributed by atoms with Crippen molar-refractivity contribution in [1.29, 1.82) is 0 Å². The molecule has 4 aliphatic heterocycles. The number of rotatable bonds is 6. The Morgan fingerprint density at radius 3 is 1.67 bits per heavy atom. The lowest BCUT2D eigenvalue weighted by atomic mass is 9.95. The van der Waals surface area contributed by atoms with Gasteiger partial charge in [-0.2, -0.15) is 0 Å². The van der Waals surface area contributed by atoms with Gasteiger partial charge in [0.25, 0.3) is 0 Å². The maximum atomic E-state index is 12.9. The summed E-state index contributed by atoms with van der Waals surface area (Å²) in [5.41, 5.74) is 6.40. The molecule has 0 aliphatic carbocycles. The third-order valence-electron chi connectivity index (χ3n) is 10.4. The van der Waals surface area contributed by atoms with E-state index < -0.39 is 36.6 Å². The molecule has 10 heteroatoms. The summed E-state index contributed by atoms with van der Waals surface area (Å²) in [6.45, 7) is 6.97. The van der Waals surface area contributed by atoms with Crippen molar-refractivity contribution in [3.05, 3.63) is 143 Å². The number of aliphatic hydroxyl groups is 1. The van der Waals surface area contributed by atoms with Gasteiger partial charge in [0.05, 0.1) is 65.1 Å². The van der Waals surface area contributed by atoms with E-state index in [1.165, 1.54) is 0 Å². The Kier molecular flexibility index (Phi) is 13.3. The lowest BCUT2D eigenvalue weighted by Crippen LogP contribution is -2.59. The van der Waals surface area contributed by atoms with Gasteiger partial charge in [-0.15, -0.1) is 0 Å². The fourth-order valence-corrected chi connectivity index (χ4v) is 7.32. The summed E-state index contributed by atoms with van der Waals surface area (Å²) in [7, 11) is 0. The number of carbonyl (C=O) groups excluding carboxylic acids is 1. The minimum atomic E-state index is -0.799. The van der Waals surface area contributed by atoms with Crippen molar-refractivity contribution in [2.75, 3.05) is 13.2 Å². The van der Waals surface area contributed by atoms with E-state index in [1.54, 1.807) is 0 Å². The van der Waals surface area contributed by atoms with Gasteiger partial charge < -0.3 is 43.0 Å². The Morgan fingerprint density at radius 2 is 1.07 bits per heavy atom. The molecule has 4 bridgehead atoms. The van der Waals surface area contributed by atoms with E-state index in [-0.39, 0.29) is 30.7 Å². The van der Waals surface area contributed by atoms with E-state index in [1.807, 2.05) is 123 Å². The van der Waals surface area contributed by atoms with Crippen molar-refractivity contribution in [1.82, 2.24) is 0 Å². The Labute approximate surface area is 317 Å². The van der Waals surface area contributed by atoms with E-state index in [4.69, 9.17) is 37.9 Å². The number of hydrogen-bond donors (Lipinski definition) is 1. The average Bonchev–Trinajstić information content (AvgIpc) is 3.19. The van der Waals surface area contributed by atoms with Crippen LogP contribution in [-0.2, 0) is 82.3 Å². The highest BCUT2D eigenvalue weighted by Crippen LogP contribution is 2.30. The monoisotopic (exact) mass is 738 g/mol. The zero-order valence-electron chi connectivity index (χ0n) is 30.9. The third-order valence-corrected chi connectivity index (χ3v) is 10.4. The maximum Gasteiger partial charge on any atom is 0.195 e. The van der Waals surface area contributed by atoms with E-state index >= 15 is 0 Å². The molecule has 4 unspecified atom stereocenters. The fraction of sp³-hybridized carbons (Fsp3) is 0.432. The van der Waals surface area contributed by atoms with E-state index in [0.29, 0.717) is 46.2 Å². The highest BCUT2D eigenvalue weighted by atomic mass is 16.6. The molecule has 2 saturated heterocycles. The van der Waals surface area contributed by atoms with Crippen molar-refractivity contribution in [2.45, 2.75) is 108 Å². The second-order valence-electron chi connectivity index (χ2n) is 14.2. The Morgan fingerprint density at radius 1 is 0.593 bits per heavy atom. The maximum absolute atomic E-state index is 12.9. The van der Waals surface area contributed by atoms with Crippen molar-refractivity contribution < 1.29 is 47.8 Å². The molecule has 4 aliphatic rings. The molecule has 0 spiro atoms. The molecule has 4 aromatic carbocycles. The smallest absolute Gasteiger partial charge is 0.195 e. The molecule has 2 fully saturated rings. The van der Waals surface area contributed by atoms with Gasteiger partial charge in [-0.25, -0.2) is 0 Å². The van der Waals surface area contributed by atoms with Crippen molar-refractivity contribution in [3.63, 3.8) is 0 Å². The third kappa shape index (κ3) is 9.52. The number of fused-ring (bicyclic) bond motifs is 6. The fourth-order valence-electron chi connectivity index (χ4n) is 7.32. The molecule has 1 N–H and O–H groups in total. The first-order valence-corrected chi connectivity index (χ1v) is 18.8. The number of benzene rings is 4. The van der Waals surface area contributed by atoms with Gasteiger partial charge in [0.15, 0.2) is 5.78 Å². The molecule has 0 radical (unpaired) electrons. The van der Waals surface area contributed by atoms with Gasteiger partial charge in [-0.3, -0.25) is 4.79 Å². The SMILES string of the molecule is C[C@@H]1OC2COCc3ccccc3CO[C@@H](C1OCc1ccccc1)[C@@H]2O.C[C@@H]1OC2COCc3ccccc3CO[C@H](C2=O)C1OCc1ccccc1. The van der Waals surface area contributed by atoms with Crippen LogP contribution in [0.25, 0.3) is 0 Å². The van der Waals surface area contributed by atoms with Crippen LogP contribution >= 0.6 is 0 Å². The lowest BCUT2D eigenvalue weighted by molar-refractivity contribution is -0.257. The predicted molar refractivity (Wildman–Crippen MR) is 199 cm³/mol. The summed E-state index contributed by atoms with van der Waals surface area (Å²) in [5.74, 6) is -0.106. The number of aliphatic hydroxyl groups excluding tert-OH is 1. The minimum absolute atomic E-state index is 0.106. The number of hydrogen-bond acceptors (Lipinski definition) is 10. The Bertz CT molecular complexity index is 1770. The van der Waals surface area contributed by atoms with Gasteiger partial charge in [0.2, 0.25) is 0 Å². The molecule has 4 heterocycles. The summed E-state index contributed by atoms with van der Waals surface area (Å²) >= 11 is 0. The summed E-state index contributed by atoms with van der Waals surface area (Å²) in [5, 5.41) is 10.8. The van der Waals surface area contributed by atoms with Crippen molar-refractivity contribution in [2.24, 2.45) is 0 Å². The molecular formula is C44H50O10. The number of ether oxygens (including phenoxy) is 8. The van der Waals surface area contributed by atoms with Crippen LogP contribution in [0.3, 0.4) is 0 Å². The Hall–Kier alpha value is -3.81. The topological polar surface area (TPSA) is 111 Å². The standard InChI is InChI=1S/C22H26O5.C22H24O5/c2*1-15-21(25-11-16-7-3-2-4-8-16)22-20(23)19(27-15)14-24-12-17-9-5-6-10-18(17)13-26-22/h2-10,15,19-23H,11-14H2,1H3;2-10,15,19,21-22H,11-14H2,1H3/t15-,19?,20+,21?,22+;15-,19?,21?,22+/m00/s1. The van der Waals surface area contributed by atoms with E-state index in [2.05, 4.69) is 0 Å². The summed E-state index contributed by atoms with van der Waals surface area (Å²) in [4.78, 5) is 12.9. The molecular weight excluding hydrogens is 688 g/mol. The van der Waals surface area contributed by atoms with Crippen LogP contribution in [0.5, 0.6) is 0 Å². The van der Waals surface area contributed by atoms with Crippen LogP contribution in [-0.4, -0.2) is 79.0 Å². The minimum Gasteiger partial charge on any atom is -0.387 e. The summed E-state index contributed by atoms with van der Waals surface area (Å²) in [6.07, 6.45) is -4.27. The van der Waals surface area contributed by atoms with Crippen molar-refractivity contribution in [3.8, 4) is 0 Å². The first kappa shape index (κ1) is 38.5. The van der Waals surface area contributed by atoms with Crippen LogP contribution in [0.15, 0.2) is 109 Å². The first-order valence-electron chi connectivity index (χ1n) is 18.8. The predicted octanol–water partition coefficient (Wildman–Crippen LogP) is 5.88. The normalized spacial score (nSPS) is 29.8. The molecule has 0 amide bonds. The van der Waals surface area contributed by atoms with Gasteiger partial charge in [-0.1, -0.05) is 109 Å². The summed E-state index contributed by atoms with van der Waals surface area (Å²) in [6, 6.07) is 35.9. The molecule has 54 heavy (non-hydrogen) atoms. The molecule has 8 rings (SSSR count). The molecule has 286 valence electrons. The number of Topliss-reactive ketones (excluding diaryl/α,β-unsaturated/α-hetero) is 1. The lowest BCUT2D eigenvalue weighted by Gasteiger charge is -2.44. The van der Waals surface area contributed by atoms with Gasteiger partial charge >= 0.3 is 0 Å². The highest BCUT2D eigenvalue weighted by Gasteiger charge is 2.46. The van der Waals surface area contributed by atoms with Crippen LogP contribution < -0.4 is 0 Å². The van der Waals surface area contributed by atoms with Crippen molar-refractivity contribution >= 4 is 5.78 Å². The van der Waals surface area contributed by atoms with Crippen LogP contribution in [0.1, 0.15) is 47.2 Å². The molecule has 10 nitrogen and oxygen atoms in total. The van der Waals surface area contributed by atoms with E-state index in [9.17, 15) is 9.90 Å². The quantitative estimate of drug-likeness (QED) is 0.258. The molecule has 0 saturated carbocycles. The zero-order valence-corrected chi connectivity index (χ0v) is 30.9. The number of ketones is 1. The van der Waals surface area contributed by atoms with Gasteiger partial charge in [0, 0.05) is 0 Å². The average molecular weight is 739 g/mol. The second kappa shape index (κ2) is 18.7. The first-order chi connectivity index (χ1) is 26.4. The van der Waals surface area contributed by atoms with Gasteiger partial charge in [0.1, 0.15) is 42.7 Å². The Balaban J connectivity index is 0.000000167. The molecule has 4 aromatic rings. The molecule has 9 atom stereocenters. The van der Waals surface area contributed by atoms with Crippen LogP contribution in [0.4, 0.5) is 0 Å². The molecule has 0 aromatic heterocycles. The second-order valence-corrected chi connectivity index (χ2v) is 14.2. The largest absolute Gasteiger partial charge is 0.387 e. The summed E-state index contributed by atoms with van der Waals surface area (Å²) < 4.78 is 48.0. The van der Waals surface area contributed by atoms with Crippen LogP contribution in [0, 0.1) is 0 Å². The zero-order chi connectivity index (χ0) is 37.3. The highest BCUT2D eigenvalue weighted by molar-refractivity contribution is 5.89.